The van der Waals surface area contributed by atoms with Crippen LogP contribution in [0.25, 0.3) is 0 Å². The molecule has 7 heteroatoms. The zero-order valence-electron chi connectivity index (χ0n) is 11.2. The van der Waals surface area contributed by atoms with Gasteiger partial charge in [-0.3, -0.25) is 9.52 Å². The molecule has 0 aliphatic carbocycles. The standard InChI is InChI=1S/C12H18N2O4S/c1-8-6-10(13)7-9(2)12(8)14-19(16,17)5-4-11(15)18-3/h6-7,14H,4-5,13H2,1-3H3. The molecule has 1 aromatic carbocycles. The van der Waals surface area contributed by atoms with E-state index in [-0.39, 0.29) is 12.2 Å². The van der Waals surface area contributed by atoms with Crippen molar-refractivity contribution in [3.63, 3.8) is 0 Å². The molecule has 106 valence electrons. The molecular formula is C12H18N2O4S. The molecule has 3 N–H and O–H groups in total. The monoisotopic (exact) mass is 286 g/mol. The summed E-state index contributed by atoms with van der Waals surface area (Å²) >= 11 is 0. The van der Waals surface area contributed by atoms with E-state index in [0.717, 1.165) is 11.1 Å². The van der Waals surface area contributed by atoms with Crippen LogP contribution < -0.4 is 10.5 Å². The highest BCUT2D eigenvalue weighted by Gasteiger charge is 2.16. The molecule has 0 amide bonds. The number of anilines is 2. The van der Waals surface area contributed by atoms with Gasteiger partial charge in [-0.05, 0) is 37.1 Å². The van der Waals surface area contributed by atoms with E-state index in [1.165, 1.54) is 7.11 Å². The van der Waals surface area contributed by atoms with Gasteiger partial charge in [0.1, 0.15) is 0 Å². The number of nitrogens with two attached hydrogens (primary N) is 1. The Kier molecular flexibility index (Phi) is 4.77. The fraction of sp³-hybridized carbons (Fsp3) is 0.417. The first-order chi connectivity index (χ1) is 8.75. The van der Waals surface area contributed by atoms with E-state index in [2.05, 4.69) is 9.46 Å². The number of carbonyl (C=O) groups excluding carboxylic acids is 1. The lowest BCUT2D eigenvalue weighted by atomic mass is 10.1. The smallest absolute Gasteiger partial charge is 0.306 e. The summed E-state index contributed by atoms with van der Waals surface area (Å²) in [5.41, 5.74) is 8.22. The lowest BCUT2D eigenvalue weighted by Gasteiger charge is -2.13. The predicted octanol–water partition coefficient (Wildman–Crippen LogP) is 1.19. The van der Waals surface area contributed by atoms with Crippen LogP contribution in [0.3, 0.4) is 0 Å². The number of hydrogen-bond donors (Lipinski definition) is 2. The van der Waals surface area contributed by atoms with Crippen molar-refractivity contribution in [1.82, 2.24) is 0 Å². The van der Waals surface area contributed by atoms with Crippen LogP contribution in [0.15, 0.2) is 12.1 Å². The largest absolute Gasteiger partial charge is 0.469 e. The summed E-state index contributed by atoms with van der Waals surface area (Å²) in [5, 5.41) is 0. The molecule has 0 fully saturated rings. The second-order valence-electron chi connectivity index (χ2n) is 4.28. The number of benzene rings is 1. The summed E-state index contributed by atoms with van der Waals surface area (Å²) in [5.74, 6) is -0.876. The Morgan fingerprint density at radius 3 is 2.32 bits per heavy atom. The van der Waals surface area contributed by atoms with Crippen molar-refractivity contribution in [3.8, 4) is 0 Å². The van der Waals surface area contributed by atoms with Crippen molar-refractivity contribution in [2.24, 2.45) is 0 Å². The quantitative estimate of drug-likeness (QED) is 0.626. The molecule has 0 spiro atoms. The van der Waals surface area contributed by atoms with E-state index in [4.69, 9.17) is 5.73 Å². The summed E-state index contributed by atoms with van der Waals surface area (Å²) in [7, 11) is -2.37. The van der Waals surface area contributed by atoms with Crippen LogP contribution in [-0.4, -0.2) is 27.2 Å². The molecule has 0 aliphatic heterocycles. The first kappa shape index (κ1) is 15.3. The Balaban J connectivity index is 2.87. The van der Waals surface area contributed by atoms with Gasteiger partial charge in [0, 0.05) is 5.69 Å². The number of rotatable bonds is 5. The second kappa shape index (κ2) is 5.92. The Labute approximate surface area is 113 Å². The molecule has 1 aromatic rings. The molecule has 0 heterocycles. The molecule has 0 saturated carbocycles. The second-order valence-corrected chi connectivity index (χ2v) is 6.12. The van der Waals surface area contributed by atoms with Crippen molar-refractivity contribution < 1.29 is 17.9 Å². The number of nitrogen functional groups attached to an aromatic ring is 1. The average Bonchev–Trinajstić information content (AvgIpc) is 2.31. The third kappa shape index (κ3) is 4.44. The molecule has 0 aromatic heterocycles. The third-order valence-electron chi connectivity index (χ3n) is 2.62. The first-order valence-electron chi connectivity index (χ1n) is 5.69. The van der Waals surface area contributed by atoms with Gasteiger partial charge in [0.25, 0.3) is 0 Å². The number of aryl methyl sites for hydroxylation is 2. The SMILES string of the molecule is COC(=O)CCS(=O)(=O)Nc1c(C)cc(N)cc1C. The van der Waals surface area contributed by atoms with Crippen molar-refractivity contribution in [3.05, 3.63) is 23.3 Å². The molecule has 0 bridgehead atoms. The maximum atomic E-state index is 11.9. The summed E-state index contributed by atoms with van der Waals surface area (Å²) in [6, 6.07) is 3.37. The van der Waals surface area contributed by atoms with Gasteiger partial charge < -0.3 is 10.5 Å². The minimum atomic E-state index is -3.59. The Hall–Kier alpha value is -1.76. The average molecular weight is 286 g/mol. The molecule has 6 nitrogen and oxygen atoms in total. The van der Waals surface area contributed by atoms with E-state index >= 15 is 0 Å². The minimum absolute atomic E-state index is 0.182. The third-order valence-corrected chi connectivity index (χ3v) is 3.87. The molecular weight excluding hydrogens is 268 g/mol. The molecule has 0 radical (unpaired) electrons. The Bertz CT molecular complexity index is 558. The maximum Gasteiger partial charge on any atom is 0.306 e. The highest BCUT2D eigenvalue weighted by molar-refractivity contribution is 7.92. The summed E-state index contributed by atoms with van der Waals surface area (Å²) < 4.78 is 30.6. The van der Waals surface area contributed by atoms with Crippen LogP contribution in [0, 0.1) is 13.8 Å². The lowest BCUT2D eigenvalue weighted by Crippen LogP contribution is -2.20. The highest BCUT2D eigenvalue weighted by atomic mass is 32.2. The van der Waals surface area contributed by atoms with E-state index in [0.29, 0.717) is 11.4 Å². The lowest BCUT2D eigenvalue weighted by molar-refractivity contribution is -0.140. The molecule has 19 heavy (non-hydrogen) atoms. The van der Waals surface area contributed by atoms with Crippen molar-refractivity contribution in [2.75, 3.05) is 23.3 Å². The number of hydrogen-bond acceptors (Lipinski definition) is 5. The highest BCUT2D eigenvalue weighted by Crippen LogP contribution is 2.24. The number of nitrogens with one attached hydrogen (secondary N) is 1. The van der Waals surface area contributed by atoms with Gasteiger partial charge in [-0.15, -0.1) is 0 Å². The van der Waals surface area contributed by atoms with E-state index in [9.17, 15) is 13.2 Å². The fourth-order valence-electron chi connectivity index (χ4n) is 1.68. The molecule has 0 unspecified atom stereocenters. The molecule has 0 aliphatic rings. The summed E-state index contributed by atoms with van der Waals surface area (Å²) in [6.07, 6.45) is -0.182. The normalized spacial score (nSPS) is 11.1. The van der Waals surface area contributed by atoms with Gasteiger partial charge in [0.2, 0.25) is 10.0 Å². The number of carbonyl (C=O) groups is 1. The van der Waals surface area contributed by atoms with Gasteiger partial charge in [-0.2, -0.15) is 0 Å². The predicted molar refractivity (Wildman–Crippen MR) is 74.4 cm³/mol. The topological polar surface area (TPSA) is 98.5 Å². The van der Waals surface area contributed by atoms with Gasteiger partial charge in [0.15, 0.2) is 0 Å². The number of ether oxygens (including phenoxy) is 1. The zero-order chi connectivity index (χ0) is 14.6. The van der Waals surface area contributed by atoms with Crippen molar-refractivity contribution in [2.45, 2.75) is 20.3 Å². The van der Waals surface area contributed by atoms with Gasteiger partial charge in [0.05, 0.1) is 25.0 Å². The van der Waals surface area contributed by atoms with Gasteiger partial charge in [-0.1, -0.05) is 0 Å². The first-order valence-corrected chi connectivity index (χ1v) is 7.34. The van der Waals surface area contributed by atoms with Crippen molar-refractivity contribution >= 4 is 27.4 Å². The maximum absolute atomic E-state index is 11.9. The number of sulfonamides is 1. The van der Waals surface area contributed by atoms with Crippen LogP contribution in [0.2, 0.25) is 0 Å². The Morgan fingerprint density at radius 2 is 1.84 bits per heavy atom. The van der Waals surface area contributed by atoms with Crippen LogP contribution in [-0.2, 0) is 19.6 Å². The summed E-state index contributed by atoms with van der Waals surface area (Å²) in [6.45, 7) is 3.53. The molecule has 0 saturated heterocycles. The Morgan fingerprint density at radius 1 is 1.32 bits per heavy atom. The minimum Gasteiger partial charge on any atom is -0.469 e. The van der Waals surface area contributed by atoms with Gasteiger partial charge in [-0.25, -0.2) is 8.42 Å². The van der Waals surface area contributed by atoms with Crippen LogP contribution >= 0.6 is 0 Å². The molecule has 0 atom stereocenters. The van der Waals surface area contributed by atoms with Crippen molar-refractivity contribution in [1.29, 1.82) is 0 Å². The molecule has 1 rings (SSSR count). The number of methoxy groups -OCH3 is 1. The zero-order valence-corrected chi connectivity index (χ0v) is 12.0. The van der Waals surface area contributed by atoms with Crippen LogP contribution in [0.4, 0.5) is 11.4 Å². The van der Waals surface area contributed by atoms with E-state index in [1.807, 2.05) is 0 Å². The van der Waals surface area contributed by atoms with Crippen LogP contribution in [0.5, 0.6) is 0 Å². The van der Waals surface area contributed by atoms with E-state index < -0.39 is 16.0 Å². The van der Waals surface area contributed by atoms with Crippen LogP contribution in [0.1, 0.15) is 17.5 Å². The fourth-order valence-corrected chi connectivity index (χ4v) is 2.85. The van der Waals surface area contributed by atoms with E-state index in [1.54, 1.807) is 26.0 Å². The number of esters is 1. The summed E-state index contributed by atoms with van der Waals surface area (Å²) in [4.78, 5) is 11.0. The van der Waals surface area contributed by atoms with Gasteiger partial charge >= 0.3 is 5.97 Å².